The van der Waals surface area contributed by atoms with E-state index >= 15 is 0 Å². The van der Waals surface area contributed by atoms with Crippen LogP contribution in [0.1, 0.15) is 18.4 Å². The van der Waals surface area contributed by atoms with E-state index in [1.165, 1.54) is 19.4 Å². The number of hydrogen-bond donors (Lipinski definition) is 3. The number of hydrazone groups is 1. The maximum atomic E-state index is 11.9. The number of phenolic OH excluding ortho intramolecular Hbond substituents is 1. The fourth-order valence-electron chi connectivity index (χ4n) is 2.24. The van der Waals surface area contributed by atoms with Gasteiger partial charge in [-0.15, -0.1) is 0 Å². The molecule has 2 aromatic rings. The highest BCUT2D eigenvalue weighted by Gasteiger charge is 2.09. The van der Waals surface area contributed by atoms with Crippen molar-refractivity contribution in [2.24, 2.45) is 5.10 Å². The van der Waals surface area contributed by atoms with Crippen LogP contribution in [0.25, 0.3) is 0 Å². The number of amides is 2. The van der Waals surface area contributed by atoms with E-state index in [9.17, 15) is 14.7 Å². The average molecular weight is 450 g/mol. The zero-order valence-electron chi connectivity index (χ0n) is 15.4. The monoisotopic (exact) mass is 449 g/mol. The molecular weight excluding hydrogens is 430 g/mol. The number of ether oxygens (including phenoxy) is 2. The van der Waals surface area contributed by atoms with Crippen LogP contribution in [0.15, 0.2) is 46.0 Å². The molecule has 0 heterocycles. The predicted molar refractivity (Wildman–Crippen MR) is 109 cm³/mol. The van der Waals surface area contributed by atoms with Gasteiger partial charge in [0.05, 0.1) is 24.9 Å². The minimum absolute atomic E-state index is 0.0161. The van der Waals surface area contributed by atoms with Gasteiger partial charge < -0.3 is 19.9 Å². The second-order valence-corrected chi connectivity index (χ2v) is 6.48. The van der Waals surface area contributed by atoms with Crippen LogP contribution in [-0.2, 0) is 9.59 Å². The van der Waals surface area contributed by atoms with Crippen LogP contribution in [0, 0.1) is 0 Å². The fourth-order valence-corrected chi connectivity index (χ4v) is 2.86. The number of phenols is 1. The van der Waals surface area contributed by atoms with E-state index in [1.54, 1.807) is 37.4 Å². The van der Waals surface area contributed by atoms with Crippen molar-refractivity contribution < 1.29 is 24.2 Å². The second kappa shape index (κ2) is 10.3. The van der Waals surface area contributed by atoms with Gasteiger partial charge in [-0.25, -0.2) is 5.43 Å². The molecule has 3 N–H and O–H groups in total. The van der Waals surface area contributed by atoms with Gasteiger partial charge in [-0.2, -0.15) is 5.10 Å². The third-order valence-corrected chi connectivity index (χ3v) is 4.20. The summed E-state index contributed by atoms with van der Waals surface area (Å²) in [6, 6.07) is 10.0. The summed E-state index contributed by atoms with van der Waals surface area (Å²) in [4.78, 5) is 23.7. The number of carbonyl (C=O) groups is 2. The molecule has 0 bridgehead atoms. The Bertz CT molecular complexity index is 845. The Balaban J connectivity index is 1.79. The molecule has 8 nitrogen and oxygen atoms in total. The van der Waals surface area contributed by atoms with Gasteiger partial charge in [-0.05, 0) is 57.9 Å². The van der Waals surface area contributed by atoms with Gasteiger partial charge in [0.1, 0.15) is 5.75 Å². The zero-order chi connectivity index (χ0) is 20.5. The van der Waals surface area contributed by atoms with E-state index < -0.39 is 5.91 Å². The number of rotatable bonds is 8. The van der Waals surface area contributed by atoms with Crippen molar-refractivity contribution in [2.75, 3.05) is 19.5 Å². The van der Waals surface area contributed by atoms with Gasteiger partial charge >= 0.3 is 0 Å². The smallest absolute Gasteiger partial charge is 0.240 e. The largest absolute Gasteiger partial charge is 0.504 e. The van der Waals surface area contributed by atoms with E-state index in [4.69, 9.17) is 9.47 Å². The van der Waals surface area contributed by atoms with Crippen LogP contribution < -0.4 is 20.2 Å². The molecule has 0 radical (unpaired) electrons. The highest BCUT2D eigenvalue weighted by molar-refractivity contribution is 9.10. The number of anilines is 1. The standard InChI is InChI=1S/C19H20BrN3O5/c1-27-14-5-3-13(4-6-14)22-17(25)7-8-18(26)23-21-11-12-9-15(20)19(28-2)16(24)10-12/h3-6,9-11,24H,7-8H2,1-2H3,(H,22,25)(H,23,26). The first-order valence-electron chi connectivity index (χ1n) is 8.25. The van der Waals surface area contributed by atoms with Crippen molar-refractivity contribution in [1.82, 2.24) is 5.43 Å². The maximum Gasteiger partial charge on any atom is 0.240 e. The number of carbonyl (C=O) groups excluding carboxylic acids is 2. The molecule has 0 aliphatic carbocycles. The van der Waals surface area contributed by atoms with Crippen molar-refractivity contribution in [3.8, 4) is 17.2 Å². The quantitative estimate of drug-likeness (QED) is 0.423. The number of methoxy groups -OCH3 is 2. The molecule has 9 heteroatoms. The van der Waals surface area contributed by atoms with Crippen molar-refractivity contribution in [3.05, 3.63) is 46.4 Å². The molecule has 2 amide bonds. The fraction of sp³-hybridized carbons (Fsp3) is 0.211. The van der Waals surface area contributed by atoms with Crippen LogP contribution in [0.2, 0.25) is 0 Å². The number of aromatic hydroxyl groups is 1. The normalized spacial score (nSPS) is 10.5. The van der Waals surface area contributed by atoms with Crippen LogP contribution in [0.4, 0.5) is 5.69 Å². The van der Waals surface area contributed by atoms with Crippen molar-refractivity contribution in [1.29, 1.82) is 0 Å². The summed E-state index contributed by atoms with van der Waals surface area (Å²) in [5, 5.41) is 16.3. The van der Waals surface area contributed by atoms with E-state index in [2.05, 4.69) is 31.8 Å². The van der Waals surface area contributed by atoms with Crippen molar-refractivity contribution in [2.45, 2.75) is 12.8 Å². The third-order valence-electron chi connectivity index (χ3n) is 3.61. The van der Waals surface area contributed by atoms with E-state index in [0.717, 1.165) is 0 Å². The zero-order valence-corrected chi connectivity index (χ0v) is 16.9. The lowest BCUT2D eigenvalue weighted by atomic mass is 10.2. The minimum atomic E-state index is -0.405. The Kier molecular flexibility index (Phi) is 7.82. The molecule has 0 saturated carbocycles. The Morgan fingerprint density at radius 2 is 1.79 bits per heavy atom. The number of nitrogens with one attached hydrogen (secondary N) is 2. The molecule has 2 rings (SSSR count). The minimum Gasteiger partial charge on any atom is -0.504 e. The summed E-state index contributed by atoms with van der Waals surface area (Å²) < 4.78 is 10.6. The molecular formula is C19H20BrN3O5. The lowest BCUT2D eigenvalue weighted by molar-refractivity contribution is -0.124. The molecule has 0 aromatic heterocycles. The van der Waals surface area contributed by atoms with Gasteiger partial charge in [0.15, 0.2) is 11.5 Å². The third kappa shape index (κ3) is 6.27. The summed E-state index contributed by atoms with van der Waals surface area (Å²) in [7, 11) is 3.00. The van der Waals surface area contributed by atoms with Crippen LogP contribution in [0.3, 0.4) is 0 Å². The van der Waals surface area contributed by atoms with E-state index in [1.807, 2.05) is 0 Å². The Labute approximate surface area is 170 Å². The molecule has 0 spiro atoms. The molecule has 0 aliphatic heterocycles. The van der Waals surface area contributed by atoms with Crippen molar-refractivity contribution in [3.63, 3.8) is 0 Å². The van der Waals surface area contributed by atoms with E-state index in [0.29, 0.717) is 27.2 Å². The second-order valence-electron chi connectivity index (χ2n) is 5.62. The SMILES string of the molecule is COc1ccc(NC(=O)CCC(=O)NN=Cc2cc(O)c(OC)c(Br)c2)cc1. The molecule has 148 valence electrons. The summed E-state index contributed by atoms with van der Waals surface area (Å²) in [6.45, 7) is 0. The highest BCUT2D eigenvalue weighted by atomic mass is 79.9. The lowest BCUT2D eigenvalue weighted by Gasteiger charge is -2.07. The molecule has 0 saturated heterocycles. The Morgan fingerprint density at radius 3 is 2.39 bits per heavy atom. The maximum absolute atomic E-state index is 11.9. The molecule has 28 heavy (non-hydrogen) atoms. The summed E-state index contributed by atoms with van der Waals surface area (Å²) in [5.74, 6) is 0.252. The van der Waals surface area contributed by atoms with Crippen LogP contribution in [-0.4, -0.2) is 37.4 Å². The van der Waals surface area contributed by atoms with Gasteiger partial charge in [-0.1, -0.05) is 0 Å². The first kappa shape index (κ1) is 21.2. The molecule has 2 aromatic carbocycles. The first-order valence-corrected chi connectivity index (χ1v) is 9.04. The van der Waals surface area contributed by atoms with Gasteiger partial charge in [0.2, 0.25) is 11.8 Å². The number of benzene rings is 2. The van der Waals surface area contributed by atoms with Gasteiger partial charge in [-0.3, -0.25) is 9.59 Å². The lowest BCUT2D eigenvalue weighted by Crippen LogP contribution is -2.20. The van der Waals surface area contributed by atoms with Gasteiger partial charge in [0.25, 0.3) is 0 Å². The first-order chi connectivity index (χ1) is 13.4. The van der Waals surface area contributed by atoms with Crippen LogP contribution >= 0.6 is 15.9 Å². The molecule has 0 fully saturated rings. The number of nitrogens with zero attached hydrogens (tertiary/aromatic N) is 1. The molecule has 0 atom stereocenters. The molecule has 0 unspecified atom stereocenters. The van der Waals surface area contributed by atoms with Crippen LogP contribution in [0.5, 0.6) is 17.2 Å². The topological polar surface area (TPSA) is 109 Å². The van der Waals surface area contributed by atoms with Gasteiger partial charge in [0, 0.05) is 18.5 Å². The Hall–Kier alpha value is -3.07. The predicted octanol–water partition coefficient (Wildman–Crippen LogP) is 3.04. The number of halogens is 1. The summed E-state index contributed by atoms with van der Waals surface area (Å²) >= 11 is 3.27. The van der Waals surface area contributed by atoms with E-state index in [-0.39, 0.29) is 24.5 Å². The average Bonchev–Trinajstić information content (AvgIpc) is 2.67. The number of hydrogen-bond acceptors (Lipinski definition) is 6. The van der Waals surface area contributed by atoms with Crippen molar-refractivity contribution >= 4 is 39.6 Å². The summed E-state index contributed by atoms with van der Waals surface area (Å²) in [6.07, 6.45) is 1.37. The summed E-state index contributed by atoms with van der Waals surface area (Å²) in [5.41, 5.74) is 3.52. The molecule has 0 aliphatic rings. The highest BCUT2D eigenvalue weighted by Crippen LogP contribution is 2.34. The Morgan fingerprint density at radius 1 is 1.11 bits per heavy atom.